The summed E-state index contributed by atoms with van der Waals surface area (Å²) >= 11 is 1.21. The molecule has 3 aromatic rings. The van der Waals surface area contributed by atoms with Gasteiger partial charge < -0.3 is 30.9 Å². The summed E-state index contributed by atoms with van der Waals surface area (Å²) < 4.78 is 32.5. The number of rotatable bonds is 13. The average Bonchev–Trinajstić information content (AvgIpc) is 2.97. The van der Waals surface area contributed by atoms with Crippen molar-refractivity contribution in [3.8, 4) is 5.75 Å². The molecule has 0 radical (unpaired) electrons. The molecule has 0 bridgehead atoms. The second kappa shape index (κ2) is 13.4. The normalized spacial score (nSPS) is 18.3. The van der Waals surface area contributed by atoms with Gasteiger partial charge in [0.15, 0.2) is 6.61 Å². The van der Waals surface area contributed by atoms with Gasteiger partial charge in [-0.1, -0.05) is 36.4 Å². The van der Waals surface area contributed by atoms with Crippen molar-refractivity contribution in [2.24, 2.45) is 0 Å². The third kappa shape index (κ3) is 7.22. The third-order valence-corrected chi connectivity index (χ3v) is 7.90. The second-order valence-electron chi connectivity index (χ2n) is 9.35. The van der Waals surface area contributed by atoms with E-state index >= 15 is 0 Å². The van der Waals surface area contributed by atoms with Crippen LogP contribution in [0.2, 0.25) is 0 Å². The molecule has 0 aromatic heterocycles. The summed E-state index contributed by atoms with van der Waals surface area (Å²) in [6, 6.07) is 17.7. The molecular formula is C29H27F2N3O7S. The predicted molar refractivity (Wildman–Crippen MR) is 149 cm³/mol. The first-order valence-corrected chi connectivity index (χ1v) is 13.7. The van der Waals surface area contributed by atoms with Gasteiger partial charge in [0, 0.05) is 5.75 Å². The lowest BCUT2D eigenvalue weighted by Crippen LogP contribution is -2.69. The number of carbonyl (C=O) groups is 4. The fourth-order valence-corrected chi connectivity index (χ4v) is 5.73. The third-order valence-electron chi connectivity index (χ3n) is 6.49. The Morgan fingerprint density at radius 2 is 1.43 bits per heavy atom. The SMILES string of the molecule is O=C(O)CNC(=O)CNC(=O)COc1ccc([C@]2(c3ccc(F)cc3)NC(=O)[C@@H]2SCC(O)c2ccc(F)cc2)cc1. The van der Waals surface area contributed by atoms with Crippen LogP contribution in [0.5, 0.6) is 5.75 Å². The number of hydrogen-bond donors (Lipinski definition) is 5. The van der Waals surface area contributed by atoms with Gasteiger partial charge in [-0.15, -0.1) is 11.8 Å². The van der Waals surface area contributed by atoms with Crippen LogP contribution in [0, 0.1) is 11.6 Å². The van der Waals surface area contributed by atoms with Gasteiger partial charge in [0.2, 0.25) is 11.8 Å². The Morgan fingerprint density at radius 3 is 2.00 bits per heavy atom. The zero-order chi connectivity index (χ0) is 30.3. The Morgan fingerprint density at radius 1 is 0.881 bits per heavy atom. The number of halogens is 2. The van der Waals surface area contributed by atoms with Crippen molar-refractivity contribution in [1.29, 1.82) is 0 Å². The Labute approximate surface area is 243 Å². The first-order valence-electron chi connectivity index (χ1n) is 12.7. The minimum atomic E-state index is -1.21. The van der Waals surface area contributed by atoms with Gasteiger partial charge in [-0.2, -0.15) is 0 Å². The molecule has 1 aliphatic rings. The molecule has 5 N–H and O–H groups in total. The number of aliphatic hydroxyl groups is 1. The Balaban J connectivity index is 1.45. The minimum Gasteiger partial charge on any atom is -0.484 e. The number of carboxylic acid groups (broad SMARTS) is 1. The number of aliphatic hydroxyl groups excluding tert-OH is 1. The van der Waals surface area contributed by atoms with Gasteiger partial charge in [0.1, 0.15) is 34.7 Å². The molecular weight excluding hydrogens is 572 g/mol. The van der Waals surface area contributed by atoms with Crippen LogP contribution in [0.25, 0.3) is 0 Å². The molecule has 1 aliphatic heterocycles. The van der Waals surface area contributed by atoms with Crippen LogP contribution in [-0.2, 0) is 24.7 Å². The number of hydrogen-bond acceptors (Lipinski definition) is 7. The van der Waals surface area contributed by atoms with E-state index in [1.165, 1.54) is 48.2 Å². The number of nitrogens with one attached hydrogen (secondary N) is 3. The highest BCUT2D eigenvalue weighted by Gasteiger charge is 2.56. The van der Waals surface area contributed by atoms with Gasteiger partial charge in [-0.05, 0) is 53.1 Å². The predicted octanol–water partition coefficient (Wildman–Crippen LogP) is 1.87. The molecule has 42 heavy (non-hydrogen) atoms. The van der Waals surface area contributed by atoms with Crippen LogP contribution >= 0.6 is 11.8 Å². The molecule has 10 nitrogen and oxygen atoms in total. The van der Waals surface area contributed by atoms with E-state index in [4.69, 9.17) is 9.84 Å². The summed E-state index contributed by atoms with van der Waals surface area (Å²) in [6.07, 6.45) is -0.958. The zero-order valence-corrected chi connectivity index (χ0v) is 22.8. The standard InChI is InChI=1S/C29H27F2N3O7S/c30-20-7-1-17(2-8-20)23(35)16-42-27-28(40)34-29(27,18-3-9-21(31)10-4-18)19-5-11-22(12-6-19)41-15-25(37)32-13-24(36)33-14-26(38)39/h1-12,23,27,35H,13-16H2,(H,32,37)(H,33,36)(H,34,40)(H,38,39)/t23?,27-,29-/m0/s1. The number of β-lactam (4-membered cyclic amide) rings is 1. The van der Waals surface area contributed by atoms with Gasteiger partial charge in [0.25, 0.3) is 5.91 Å². The zero-order valence-electron chi connectivity index (χ0n) is 22.0. The van der Waals surface area contributed by atoms with Gasteiger partial charge in [-0.25, -0.2) is 8.78 Å². The number of thioether (sulfide) groups is 1. The molecule has 1 fully saturated rings. The van der Waals surface area contributed by atoms with Crippen LogP contribution in [0.1, 0.15) is 22.8 Å². The number of aliphatic carboxylic acids is 1. The first-order chi connectivity index (χ1) is 20.1. The summed E-state index contributed by atoms with van der Waals surface area (Å²) in [5.74, 6) is -3.18. The largest absolute Gasteiger partial charge is 0.484 e. The van der Waals surface area contributed by atoms with E-state index in [-0.39, 0.29) is 11.7 Å². The Kier molecular flexibility index (Phi) is 9.76. The van der Waals surface area contributed by atoms with Gasteiger partial charge in [0.05, 0.1) is 12.6 Å². The molecule has 0 spiro atoms. The fraction of sp³-hybridized carbons (Fsp3) is 0.241. The summed E-state index contributed by atoms with van der Waals surface area (Å²) in [7, 11) is 0. The number of carboxylic acids is 1. The highest BCUT2D eigenvalue weighted by atomic mass is 32.2. The van der Waals surface area contributed by atoms with Crippen molar-refractivity contribution >= 4 is 35.5 Å². The molecule has 0 saturated carbocycles. The maximum absolute atomic E-state index is 13.8. The fourth-order valence-electron chi connectivity index (χ4n) is 4.37. The highest BCUT2D eigenvalue weighted by molar-refractivity contribution is 8.00. The van der Waals surface area contributed by atoms with E-state index in [1.807, 2.05) is 0 Å². The van der Waals surface area contributed by atoms with E-state index in [0.717, 1.165) is 0 Å². The van der Waals surface area contributed by atoms with Gasteiger partial charge >= 0.3 is 5.97 Å². The summed E-state index contributed by atoms with van der Waals surface area (Å²) in [5.41, 5.74) is 0.709. The van der Waals surface area contributed by atoms with E-state index in [0.29, 0.717) is 22.4 Å². The monoisotopic (exact) mass is 599 g/mol. The molecule has 3 atom stereocenters. The highest BCUT2D eigenvalue weighted by Crippen LogP contribution is 2.46. The lowest BCUT2D eigenvalue weighted by Gasteiger charge is -2.50. The second-order valence-corrected chi connectivity index (χ2v) is 10.5. The molecule has 220 valence electrons. The van der Waals surface area contributed by atoms with E-state index in [9.17, 15) is 33.1 Å². The van der Waals surface area contributed by atoms with Crippen LogP contribution < -0.4 is 20.7 Å². The van der Waals surface area contributed by atoms with Crippen LogP contribution in [0.4, 0.5) is 8.78 Å². The summed E-state index contributed by atoms with van der Waals surface area (Å²) in [5, 5.41) is 25.9. The quantitative estimate of drug-likeness (QED) is 0.187. The van der Waals surface area contributed by atoms with Crippen molar-refractivity contribution in [2.45, 2.75) is 16.9 Å². The van der Waals surface area contributed by atoms with E-state index < -0.39 is 66.0 Å². The number of amides is 3. The molecule has 1 unspecified atom stereocenters. The maximum Gasteiger partial charge on any atom is 0.322 e. The van der Waals surface area contributed by atoms with Crippen molar-refractivity contribution in [2.75, 3.05) is 25.4 Å². The van der Waals surface area contributed by atoms with E-state index in [1.54, 1.807) is 36.4 Å². The molecule has 0 aliphatic carbocycles. The summed E-state index contributed by atoms with van der Waals surface area (Å²) in [4.78, 5) is 46.9. The van der Waals surface area contributed by atoms with Crippen molar-refractivity contribution in [1.82, 2.24) is 16.0 Å². The van der Waals surface area contributed by atoms with Gasteiger partial charge in [-0.3, -0.25) is 19.2 Å². The van der Waals surface area contributed by atoms with Crippen LogP contribution in [0.3, 0.4) is 0 Å². The number of ether oxygens (including phenoxy) is 1. The molecule has 1 saturated heterocycles. The molecule has 4 rings (SSSR count). The Hall–Kier alpha value is -4.49. The number of carbonyl (C=O) groups excluding carboxylic acids is 3. The van der Waals surface area contributed by atoms with E-state index in [2.05, 4.69) is 16.0 Å². The van der Waals surface area contributed by atoms with Crippen molar-refractivity contribution < 1.29 is 42.9 Å². The molecule has 13 heteroatoms. The lowest BCUT2D eigenvalue weighted by atomic mass is 9.74. The topological polar surface area (TPSA) is 154 Å². The van der Waals surface area contributed by atoms with Crippen LogP contribution in [0.15, 0.2) is 72.8 Å². The molecule has 1 heterocycles. The average molecular weight is 600 g/mol. The maximum atomic E-state index is 13.8. The first kappa shape index (κ1) is 30.5. The summed E-state index contributed by atoms with van der Waals surface area (Å²) in [6.45, 7) is -1.39. The molecule has 3 amide bonds. The Bertz CT molecular complexity index is 1440. The van der Waals surface area contributed by atoms with Crippen molar-refractivity contribution in [3.05, 3.63) is 101 Å². The van der Waals surface area contributed by atoms with Crippen LogP contribution in [-0.4, -0.2) is 64.6 Å². The van der Waals surface area contributed by atoms with Crippen molar-refractivity contribution in [3.63, 3.8) is 0 Å². The lowest BCUT2D eigenvalue weighted by molar-refractivity contribution is -0.137. The smallest absolute Gasteiger partial charge is 0.322 e. The molecule has 3 aromatic carbocycles. The minimum absolute atomic E-state index is 0.136. The number of benzene rings is 3.